The molecule has 0 heterocycles. The molecule has 4 nitrogen and oxygen atoms in total. The number of unbranched alkanes of at least 4 members (excludes halogenated alkanes) is 10. The van der Waals surface area contributed by atoms with Crippen LogP contribution in [0, 0.1) is 0 Å². The van der Waals surface area contributed by atoms with Gasteiger partial charge in [-0.3, -0.25) is 0 Å². The van der Waals surface area contributed by atoms with E-state index in [1.807, 2.05) is 44.4 Å². The molecule has 0 unspecified atom stereocenters. The largest absolute Gasteiger partial charge is 0.457 e. The molecule has 0 fully saturated rings. The first-order valence-corrected chi connectivity index (χ1v) is 13.7. The molecule has 0 N–H and O–H groups in total. The molecular formula is C31H48NO3+. The van der Waals surface area contributed by atoms with Gasteiger partial charge in [0.15, 0.2) is 6.54 Å². The van der Waals surface area contributed by atoms with Gasteiger partial charge in [0, 0.05) is 5.56 Å². The average Bonchev–Trinajstić information content (AvgIpc) is 2.83. The number of quaternary nitrogens is 1. The molecule has 194 valence electrons. The zero-order valence-corrected chi connectivity index (χ0v) is 22.5. The van der Waals surface area contributed by atoms with E-state index in [9.17, 15) is 4.79 Å². The number of ether oxygens (including phenoxy) is 2. The Bertz CT molecular complexity index is 819. The number of aryl methyl sites for hydroxylation is 1. The molecule has 0 radical (unpaired) electrons. The van der Waals surface area contributed by atoms with Crippen LogP contribution < -0.4 is 4.74 Å². The molecule has 0 amide bonds. The molecular weight excluding hydrogens is 434 g/mol. The predicted octanol–water partition coefficient (Wildman–Crippen LogP) is 7.70. The van der Waals surface area contributed by atoms with Gasteiger partial charge in [-0.15, -0.1) is 0 Å². The minimum Gasteiger partial charge on any atom is -0.457 e. The van der Waals surface area contributed by atoms with Crippen molar-refractivity contribution in [3.63, 3.8) is 0 Å². The number of carbonyl (C=O) groups is 1. The van der Waals surface area contributed by atoms with Crippen LogP contribution in [-0.2, 0) is 22.5 Å². The van der Waals surface area contributed by atoms with Crippen LogP contribution in [0.4, 0.5) is 0 Å². The van der Waals surface area contributed by atoms with E-state index in [4.69, 9.17) is 9.47 Å². The highest BCUT2D eigenvalue weighted by Crippen LogP contribution is 2.17. The Morgan fingerprint density at radius 2 is 1.34 bits per heavy atom. The van der Waals surface area contributed by atoms with Crippen LogP contribution in [0.1, 0.15) is 88.7 Å². The molecule has 2 aromatic carbocycles. The number of carbonyl (C=O) groups excluding carboxylic acids is 1. The van der Waals surface area contributed by atoms with Gasteiger partial charge in [-0.05, 0) is 30.5 Å². The van der Waals surface area contributed by atoms with E-state index in [1.165, 1.54) is 81.8 Å². The van der Waals surface area contributed by atoms with E-state index in [0.29, 0.717) is 11.0 Å². The molecule has 0 atom stereocenters. The molecule has 0 bridgehead atoms. The number of benzene rings is 2. The maximum Gasteiger partial charge on any atom is 0.364 e. The maximum absolute atomic E-state index is 12.3. The SMILES string of the molecule is CCCCCCCCCCCCCc1cccc(OCOC(=O)C[N+](C)(C)Cc2ccccc2)c1. The van der Waals surface area contributed by atoms with Gasteiger partial charge in [0.1, 0.15) is 12.3 Å². The zero-order valence-electron chi connectivity index (χ0n) is 22.5. The maximum atomic E-state index is 12.3. The van der Waals surface area contributed by atoms with Crippen LogP contribution in [0.25, 0.3) is 0 Å². The first-order chi connectivity index (χ1) is 17.0. The fraction of sp³-hybridized carbons (Fsp3) is 0.581. The van der Waals surface area contributed by atoms with Crippen molar-refractivity contribution in [2.75, 3.05) is 27.4 Å². The highest BCUT2D eigenvalue weighted by molar-refractivity contribution is 5.70. The third-order valence-corrected chi connectivity index (χ3v) is 6.42. The summed E-state index contributed by atoms with van der Waals surface area (Å²) < 4.78 is 11.6. The number of hydrogen-bond acceptors (Lipinski definition) is 3. The molecule has 0 spiro atoms. The first kappa shape index (κ1) is 28.9. The second-order valence-corrected chi connectivity index (χ2v) is 10.4. The molecule has 0 aliphatic carbocycles. The second-order valence-electron chi connectivity index (χ2n) is 10.4. The fourth-order valence-electron chi connectivity index (χ4n) is 4.48. The number of rotatable bonds is 19. The van der Waals surface area contributed by atoms with Crippen LogP contribution in [0.3, 0.4) is 0 Å². The van der Waals surface area contributed by atoms with Crippen molar-refractivity contribution >= 4 is 5.97 Å². The van der Waals surface area contributed by atoms with E-state index in [1.54, 1.807) is 0 Å². The molecule has 0 aromatic heterocycles. The normalized spacial score (nSPS) is 11.4. The Hall–Kier alpha value is -2.33. The summed E-state index contributed by atoms with van der Waals surface area (Å²) in [5.74, 6) is 0.513. The molecule has 2 aromatic rings. The summed E-state index contributed by atoms with van der Waals surface area (Å²) in [6.07, 6.45) is 16.0. The van der Waals surface area contributed by atoms with E-state index >= 15 is 0 Å². The van der Waals surface area contributed by atoms with Crippen molar-refractivity contribution in [1.29, 1.82) is 0 Å². The minimum atomic E-state index is -0.247. The summed E-state index contributed by atoms with van der Waals surface area (Å²) in [6, 6.07) is 18.4. The smallest absolute Gasteiger partial charge is 0.364 e. The van der Waals surface area contributed by atoms with E-state index in [0.717, 1.165) is 18.7 Å². The highest BCUT2D eigenvalue weighted by Gasteiger charge is 2.21. The summed E-state index contributed by atoms with van der Waals surface area (Å²) in [6.45, 7) is 3.30. The standard InChI is InChI=1S/C31H48NO3/c1-4-5-6-7-8-9-10-11-12-13-15-19-28-22-18-23-30(24-28)34-27-35-31(33)26-32(2,3)25-29-20-16-14-17-21-29/h14,16-18,20-24H,4-13,15,19,25-27H2,1-3H3/q+1. The van der Waals surface area contributed by atoms with Gasteiger partial charge in [-0.25, -0.2) is 4.79 Å². The predicted molar refractivity (Wildman–Crippen MR) is 145 cm³/mol. The van der Waals surface area contributed by atoms with Gasteiger partial charge in [-0.1, -0.05) is 114 Å². The Labute approximate surface area is 214 Å². The summed E-state index contributed by atoms with van der Waals surface area (Å²) in [5, 5.41) is 0. The lowest BCUT2D eigenvalue weighted by Crippen LogP contribution is -2.43. The van der Waals surface area contributed by atoms with Crippen molar-refractivity contribution in [1.82, 2.24) is 0 Å². The van der Waals surface area contributed by atoms with Crippen molar-refractivity contribution in [2.24, 2.45) is 0 Å². The lowest BCUT2D eigenvalue weighted by atomic mass is 10.0. The third kappa shape index (κ3) is 14.0. The first-order valence-electron chi connectivity index (χ1n) is 13.7. The number of likely N-dealkylation sites (N-methyl/N-ethyl adjacent to an activating group) is 1. The average molecular weight is 483 g/mol. The summed E-state index contributed by atoms with van der Waals surface area (Å²) in [5.41, 5.74) is 2.49. The number of nitrogens with zero attached hydrogens (tertiary/aromatic N) is 1. The van der Waals surface area contributed by atoms with Gasteiger partial charge in [-0.2, -0.15) is 0 Å². The molecule has 35 heavy (non-hydrogen) atoms. The van der Waals surface area contributed by atoms with Crippen molar-refractivity contribution in [2.45, 2.75) is 90.5 Å². The molecule has 4 heteroatoms. The highest BCUT2D eigenvalue weighted by atomic mass is 16.7. The Morgan fingerprint density at radius 1 is 0.743 bits per heavy atom. The Kier molecular flexibility index (Phi) is 14.2. The lowest BCUT2D eigenvalue weighted by Gasteiger charge is -2.28. The minimum absolute atomic E-state index is 0.0495. The number of hydrogen-bond donors (Lipinski definition) is 0. The molecule has 0 saturated carbocycles. The quantitative estimate of drug-likeness (QED) is 0.0891. The summed E-state index contributed by atoms with van der Waals surface area (Å²) >= 11 is 0. The van der Waals surface area contributed by atoms with Crippen LogP contribution in [0.2, 0.25) is 0 Å². The van der Waals surface area contributed by atoms with E-state index < -0.39 is 0 Å². The molecule has 2 rings (SSSR count). The Morgan fingerprint density at radius 3 is 2.00 bits per heavy atom. The fourth-order valence-corrected chi connectivity index (χ4v) is 4.48. The van der Waals surface area contributed by atoms with Crippen LogP contribution >= 0.6 is 0 Å². The number of esters is 1. The summed E-state index contributed by atoms with van der Waals surface area (Å²) in [7, 11) is 4.07. The molecule has 0 saturated heterocycles. The monoisotopic (exact) mass is 482 g/mol. The van der Waals surface area contributed by atoms with Crippen LogP contribution in [-0.4, -0.2) is 37.9 Å². The van der Waals surface area contributed by atoms with E-state index in [2.05, 4.69) is 31.2 Å². The molecule has 0 aliphatic rings. The molecule has 0 aliphatic heterocycles. The van der Waals surface area contributed by atoms with Gasteiger partial charge in [0.25, 0.3) is 0 Å². The van der Waals surface area contributed by atoms with E-state index in [-0.39, 0.29) is 12.8 Å². The van der Waals surface area contributed by atoms with Crippen molar-refractivity contribution in [3.05, 3.63) is 65.7 Å². The van der Waals surface area contributed by atoms with Gasteiger partial charge in [0.2, 0.25) is 6.79 Å². The zero-order chi connectivity index (χ0) is 25.2. The van der Waals surface area contributed by atoms with Crippen molar-refractivity contribution < 1.29 is 18.8 Å². The van der Waals surface area contributed by atoms with Gasteiger partial charge in [0.05, 0.1) is 14.1 Å². The van der Waals surface area contributed by atoms with Crippen molar-refractivity contribution in [3.8, 4) is 5.75 Å². The summed E-state index contributed by atoms with van der Waals surface area (Å²) in [4.78, 5) is 12.3. The third-order valence-electron chi connectivity index (χ3n) is 6.42. The topological polar surface area (TPSA) is 35.5 Å². The second kappa shape index (κ2) is 17.2. The van der Waals surface area contributed by atoms with Gasteiger partial charge >= 0.3 is 5.97 Å². The lowest BCUT2D eigenvalue weighted by molar-refractivity contribution is -0.896. The van der Waals surface area contributed by atoms with Crippen LogP contribution in [0.15, 0.2) is 54.6 Å². The van der Waals surface area contributed by atoms with Crippen LogP contribution in [0.5, 0.6) is 5.75 Å². The van der Waals surface area contributed by atoms with Gasteiger partial charge < -0.3 is 14.0 Å². The Balaban J connectivity index is 1.56.